The van der Waals surface area contributed by atoms with Crippen LogP contribution >= 0.6 is 0 Å². The van der Waals surface area contributed by atoms with Crippen molar-refractivity contribution >= 4 is 0 Å². The van der Waals surface area contributed by atoms with E-state index in [1.165, 1.54) is 64.5 Å². The lowest BCUT2D eigenvalue weighted by Crippen LogP contribution is -2.61. The molecule has 0 amide bonds. The SMILES string of the molecule is CCC(C)C1CNC(CC(C)C)CN1C1CCCCCC1. The second-order valence-corrected chi connectivity index (χ2v) is 8.03. The van der Waals surface area contributed by atoms with Gasteiger partial charge in [0.1, 0.15) is 0 Å². The van der Waals surface area contributed by atoms with Crippen LogP contribution in [-0.2, 0) is 0 Å². The van der Waals surface area contributed by atoms with Gasteiger partial charge in [0.05, 0.1) is 0 Å². The molecule has 1 N–H and O–H groups in total. The highest BCUT2D eigenvalue weighted by atomic mass is 15.3. The smallest absolute Gasteiger partial charge is 0.0249 e. The van der Waals surface area contributed by atoms with Crippen LogP contribution in [-0.4, -0.2) is 36.1 Å². The van der Waals surface area contributed by atoms with Gasteiger partial charge < -0.3 is 5.32 Å². The average Bonchev–Trinajstić information content (AvgIpc) is 2.74. The molecule has 124 valence electrons. The van der Waals surface area contributed by atoms with Gasteiger partial charge in [-0.3, -0.25) is 4.90 Å². The third-order valence-electron chi connectivity index (χ3n) is 5.82. The standard InChI is InChI=1S/C19H38N2/c1-5-16(4)19-13-20-17(12-15(2)3)14-21(19)18-10-8-6-7-9-11-18/h15-20H,5-14H2,1-4H3. The van der Waals surface area contributed by atoms with Gasteiger partial charge in [-0.1, -0.05) is 59.8 Å². The summed E-state index contributed by atoms with van der Waals surface area (Å²) in [5.74, 6) is 1.62. The first-order chi connectivity index (χ1) is 10.1. The average molecular weight is 295 g/mol. The van der Waals surface area contributed by atoms with E-state index < -0.39 is 0 Å². The zero-order chi connectivity index (χ0) is 15.2. The van der Waals surface area contributed by atoms with Gasteiger partial charge in [-0.25, -0.2) is 0 Å². The van der Waals surface area contributed by atoms with Crippen molar-refractivity contribution in [3.8, 4) is 0 Å². The van der Waals surface area contributed by atoms with Crippen molar-refractivity contribution in [2.75, 3.05) is 13.1 Å². The Bertz CT molecular complexity index is 281. The van der Waals surface area contributed by atoms with Crippen LogP contribution in [0.25, 0.3) is 0 Å². The van der Waals surface area contributed by atoms with Crippen molar-refractivity contribution in [2.24, 2.45) is 11.8 Å². The topological polar surface area (TPSA) is 15.3 Å². The molecule has 2 nitrogen and oxygen atoms in total. The summed E-state index contributed by atoms with van der Waals surface area (Å²) in [4.78, 5) is 2.93. The van der Waals surface area contributed by atoms with E-state index in [9.17, 15) is 0 Å². The number of rotatable bonds is 5. The highest BCUT2D eigenvalue weighted by Gasteiger charge is 2.35. The summed E-state index contributed by atoms with van der Waals surface area (Å²) in [6, 6.07) is 2.35. The Hall–Kier alpha value is -0.0800. The van der Waals surface area contributed by atoms with Gasteiger partial charge in [-0.05, 0) is 31.1 Å². The van der Waals surface area contributed by atoms with Crippen LogP contribution in [0.4, 0.5) is 0 Å². The molecule has 1 saturated carbocycles. The van der Waals surface area contributed by atoms with E-state index in [4.69, 9.17) is 0 Å². The third kappa shape index (κ3) is 4.96. The van der Waals surface area contributed by atoms with Gasteiger partial charge in [0.25, 0.3) is 0 Å². The summed E-state index contributed by atoms with van der Waals surface area (Å²) in [5.41, 5.74) is 0. The maximum atomic E-state index is 3.86. The van der Waals surface area contributed by atoms with Crippen LogP contribution in [0.2, 0.25) is 0 Å². The highest BCUT2D eigenvalue weighted by molar-refractivity contribution is 4.92. The molecule has 2 aliphatic rings. The van der Waals surface area contributed by atoms with E-state index in [2.05, 4.69) is 37.9 Å². The molecular formula is C19H38N2. The van der Waals surface area contributed by atoms with Gasteiger partial charge in [0.2, 0.25) is 0 Å². The monoisotopic (exact) mass is 294 g/mol. The van der Waals surface area contributed by atoms with Crippen LogP contribution in [0.1, 0.15) is 79.1 Å². The Kier molecular flexibility index (Phi) is 7.01. The number of hydrogen-bond donors (Lipinski definition) is 1. The zero-order valence-electron chi connectivity index (χ0n) is 14.9. The first-order valence-corrected chi connectivity index (χ1v) is 9.61. The van der Waals surface area contributed by atoms with Crippen molar-refractivity contribution in [1.82, 2.24) is 10.2 Å². The van der Waals surface area contributed by atoms with Crippen molar-refractivity contribution in [2.45, 2.75) is 97.2 Å². The highest BCUT2D eigenvalue weighted by Crippen LogP contribution is 2.29. The minimum Gasteiger partial charge on any atom is -0.311 e. The summed E-state index contributed by atoms with van der Waals surface area (Å²) in [7, 11) is 0. The first-order valence-electron chi connectivity index (χ1n) is 9.61. The molecule has 0 radical (unpaired) electrons. The van der Waals surface area contributed by atoms with Gasteiger partial charge in [0.15, 0.2) is 0 Å². The molecule has 0 spiro atoms. The van der Waals surface area contributed by atoms with E-state index >= 15 is 0 Å². The molecular weight excluding hydrogens is 256 g/mol. The molecule has 0 aromatic rings. The van der Waals surface area contributed by atoms with E-state index in [1.807, 2.05) is 0 Å². The minimum atomic E-state index is 0.716. The van der Waals surface area contributed by atoms with E-state index in [-0.39, 0.29) is 0 Å². The van der Waals surface area contributed by atoms with Crippen molar-refractivity contribution in [1.29, 1.82) is 0 Å². The third-order valence-corrected chi connectivity index (χ3v) is 5.82. The van der Waals surface area contributed by atoms with Crippen LogP contribution in [0.3, 0.4) is 0 Å². The molecule has 0 aromatic carbocycles. The molecule has 21 heavy (non-hydrogen) atoms. The summed E-state index contributed by atoms with van der Waals surface area (Å²) in [6.07, 6.45) is 11.4. The second kappa shape index (κ2) is 8.53. The van der Waals surface area contributed by atoms with E-state index in [0.717, 1.165) is 23.9 Å². The number of piperazine rings is 1. The van der Waals surface area contributed by atoms with Crippen LogP contribution in [0.15, 0.2) is 0 Å². The maximum Gasteiger partial charge on any atom is 0.0249 e. The summed E-state index contributed by atoms with van der Waals surface area (Å²) in [6.45, 7) is 12.0. The fourth-order valence-electron chi connectivity index (χ4n) is 4.40. The Morgan fingerprint density at radius 3 is 2.29 bits per heavy atom. The summed E-state index contributed by atoms with van der Waals surface area (Å²) >= 11 is 0. The Labute approximate surface area is 133 Å². The minimum absolute atomic E-state index is 0.716. The zero-order valence-corrected chi connectivity index (χ0v) is 14.9. The summed E-state index contributed by atoms with van der Waals surface area (Å²) < 4.78 is 0. The lowest BCUT2D eigenvalue weighted by atomic mass is 9.89. The Balaban J connectivity index is 2.04. The van der Waals surface area contributed by atoms with Crippen LogP contribution in [0, 0.1) is 11.8 Å². The lowest BCUT2D eigenvalue weighted by molar-refractivity contribution is 0.0394. The normalized spacial score (nSPS) is 31.3. The molecule has 3 atom stereocenters. The molecule has 0 bridgehead atoms. The van der Waals surface area contributed by atoms with Crippen molar-refractivity contribution < 1.29 is 0 Å². The largest absolute Gasteiger partial charge is 0.311 e. The van der Waals surface area contributed by atoms with Gasteiger partial charge in [-0.15, -0.1) is 0 Å². The predicted molar refractivity (Wildman–Crippen MR) is 92.7 cm³/mol. The number of nitrogens with zero attached hydrogens (tertiary/aromatic N) is 1. The first kappa shape index (κ1) is 17.3. The van der Waals surface area contributed by atoms with Gasteiger partial charge in [0, 0.05) is 31.2 Å². The maximum absolute atomic E-state index is 3.86. The molecule has 1 heterocycles. The van der Waals surface area contributed by atoms with E-state index in [1.54, 1.807) is 0 Å². The number of nitrogens with one attached hydrogen (secondary N) is 1. The fourth-order valence-corrected chi connectivity index (χ4v) is 4.40. The van der Waals surface area contributed by atoms with Crippen LogP contribution < -0.4 is 5.32 Å². The molecule has 0 aromatic heterocycles. The second-order valence-electron chi connectivity index (χ2n) is 8.03. The molecule has 2 heteroatoms. The Morgan fingerprint density at radius 1 is 1.05 bits per heavy atom. The molecule has 3 unspecified atom stereocenters. The number of hydrogen-bond acceptors (Lipinski definition) is 2. The summed E-state index contributed by atoms with van der Waals surface area (Å²) in [5, 5.41) is 3.86. The molecule has 1 aliphatic heterocycles. The van der Waals surface area contributed by atoms with Crippen molar-refractivity contribution in [3.05, 3.63) is 0 Å². The molecule has 2 rings (SSSR count). The molecule has 2 fully saturated rings. The van der Waals surface area contributed by atoms with Gasteiger partial charge in [-0.2, -0.15) is 0 Å². The fraction of sp³-hybridized carbons (Fsp3) is 1.00. The van der Waals surface area contributed by atoms with E-state index in [0.29, 0.717) is 6.04 Å². The Morgan fingerprint density at radius 2 is 1.71 bits per heavy atom. The van der Waals surface area contributed by atoms with Crippen molar-refractivity contribution in [3.63, 3.8) is 0 Å². The predicted octanol–water partition coefficient (Wildman–Crippen LogP) is 4.44. The molecule has 1 saturated heterocycles. The van der Waals surface area contributed by atoms with Crippen LogP contribution in [0.5, 0.6) is 0 Å². The molecule has 1 aliphatic carbocycles. The lowest BCUT2D eigenvalue weighted by Gasteiger charge is -2.47. The quantitative estimate of drug-likeness (QED) is 0.754. The van der Waals surface area contributed by atoms with Gasteiger partial charge >= 0.3 is 0 Å².